The highest BCUT2D eigenvalue weighted by Crippen LogP contribution is 2.40. The van der Waals surface area contributed by atoms with Crippen LogP contribution in [0.4, 0.5) is 0 Å². The molecule has 3 heteroatoms. The van der Waals surface area contributed by atoms with E-state index in [1.54, 1.807) is 0 Å². The number of rotatable bonds is 3. The molecule has 1 aromatic heterocycles. The summed E-state index contributed by atoms with van der Waals surface area (Å²) in [5.74, 6) is 8.06. The van der Waals surface area contributed by atoms with Gasteiger partial charge in [-0.1, -0.05) is 44.5 Å². The van der Waals surface area contributed by atoms with Crippen LogP contribution in [-0.2, 0) is 0 Å². The van der Waals surface area contributed by atoms with E-state index in [9.17, 15) is 0 Å². The predicted molar refractivity (Wildman–Crippen MR) is 87.5 cm³/mol. The molecule has 0 bridgehead atoms. The van der Waals surface area contributed by atoms with Crippen LogP contribution in [0.2, 0.25) is 0 Å². The van der Waals surface area contributed by atoms with Crippen LogP contribution < -0.4 is 11.3 Å². The number of hydrogen-bond acceptors (Lipinski definition) is 3. The topological polar surface area (TPSA) is 50.9 Å². The fourth-order valence-electron chi connectivity index (χ4n) is 3.72. The number of hydrogen-bond donors (Lipinski definition) is 2. The second-order valence-corrected chi connectivity index (χ2v) is 6.59. The van der Waals surface area contributed by atoms with Gasteiger partial charge in [0.2, 0.25) is 0 Å². The van der Waals surface area contributed by atoms with Gasteiger partial charge in [0.15, 0.2) is 0 Å². The van der Waals surface area contributed by atoms with Gasteiger partial charge in [-0.25, -0.2) is 0 Å². The molecule has 0 amide bonds. The van der Waals surface area contributed by atoms with Crippen LogP contribution in [0.5, 0.6) is 0 Å². The summed E-state index contributed by atoms with van der Waals surface area (Å²) < 4.78 is 0. The quantitative estimate of drug-likeness (QED) is 0.665. The first-order chi connectivity index (χ1) is 10.2. The number of aromatic nitrogens is 1. The number of nitrogens with two attached hydrogens (primary N) is 1. The lowest BCUT2D eigenvalue weighted by molar-refractivity contribution is 0.170. The van der Waals surface area contributed by atoms with Gasteiger partial charge in [-0.2, -0.15) is 0 Å². The van der Waals surface area contributed by atoms with Gasteiger partial charge in [0.25, 0.3) is 0 Å². The Bertz CT molecular complexity index is 605. The van der Waals surface area contributed by atoms with E-state index in [0.29, 0.717) is 5.92 Å². The first-order valence-electron chi connectivity index (χ1n) is 8.00. The van der Waals surface area contributed by atoms with E-state index in [1.165, 1.54) is 30.0 Å². The molecular formula is C18H25N3. The Morgan fingerprint density at radius 1 is 1.14 bits per heavy atom. The van der Waals surface area contributed by atoms with Crippen molar-refractivity contribution in [2.45, 2.75) is 39.2 Å². The average Bonchev–Trinajstić information content (AvgIpc) is 2.52. The molecule has 1 fully saturated rings. The van der Waals surface area contributed by atoms with Crippen molar-refractivity contribution in [2.24, 2.45) is 23.6 Å². The van der Waals surface area contributed by atoms with Crippen molar-refractivity contribution in [1.82, 2.24) is 10.4 Å². The second-order valence-electron chi connectivity index (χ2n) is 6.59. The molecule has 1 aliphatic carbocycles. The summed E-state index contributed by atoms with van der Waals surface area (Å²) in [4.78, 5) is 4.65. The minimum atomic E-state index is 0.144. The van der Waals surface area contributed by atoms with Crippen LogP contribution in [0.3, 0.4) is 0 Å². The molecule has 1 saturated carbocycles. The van der Waals surface area contributed by atoms with E-state index < -0.39 is 0 Å². The van der Waals surface area contributed by atoms with Crippen LogP contribution in [-0.4, -0.2) is 4.98 Å². The molecule has 4 unspecified atom stereocenters. The van der Waals surface area contributed by atoms with Crippen molar-refractivity contribution < 1.29 is 0 Å². The molecule has 2 aromatic rings. The zero-order valence-electron chi connectivity index (χ0n) is 12.9. The van der Waals surface area contributed by atoms with Crippen molar-refractivity contribution in [1.29, 1.82) is 0 Å². The van der Waals surface area contributed by atoms with E-state index in [0.717, 1.165) is 17.5 Å². The second kappa shape index (κ2) is 6.12. The molecule has 0 aliphatic heterocycles. The molecule has 21 heavy (non-hydrogen) atoms. The van der Waals surface area contributed by atoms with E-state index >= 15 is 0 Å². The van der Waals surface area contributed by atoms with Gasteiger partial charge in [0.05, 0.1) is 11.7 Å². The maximum absolute atomic E-state index is 5.92. The standard InChI is InChI=1S/C18H25N3/c1-12-7-8-15(11-13(12)2)17(21-19)18-16-6-4-3-5-14(16)9-10-20-18/h3-6,9-10,12-13,15,17,21H,7-8,11,19H2,1-2H3. The first kappa shape index (κ1) is 14.5. The van der Waals surface area contributed by atoms with Gasteiger partial charge in [0.1, 0.15) is 0 Å². The van der Waals surface area contributed by atoms with Gasteiger partial charge in [-0.05, 0) is 42.0 Å². The number of benzene rings is 1. The van der Waals surface area contributed by atoms with Gasteiger partial charge in [-0.15, -0.1) is 0 Å². The Morgan fingerprint density at radius 2 is 1.95 bits per heavy atom. The molecule has 4 atom stereocenters. The predicted octanol–water partition coefficient (Wildman–Crippen LogP) is 3.81. The van der Waals surface area contributed by atoms with Crippen molar-refractivity contribution in [3.63, 3.8) is 0 Å². The molecular weight excluding hydrogens is 258 g/mol. The Balaban J connectivity index is 1.95. The number of nitrogens with one attached hydrogen (secondary N) is 1. The van der Waals surface area contributed by atoms with Gasteiger partial charge in [-0.3, -0.25) is 16.3 Å². The summed E-state index contributed by atoms with van der Waals surface area (Å²) in [5, 5.41) is 2.45. The fraction of sp³-hybridized carbons (Fsp3) is 0.500. The Morgan fingerprint density at radius 3 is 2.71 bits per heavy atom. The first-order valence-corrected chi connectivity index (χ1v) is 8.00. The molecule has 3 rings (SSSR count). The number of fused-ring (bicyclic) bond motifs is 1. The highest BCUT2D eigenvalue weighted by Gasteiger charge is 2.31. The molecule has 0 saturated heterocycles. The van der Waals surface area contributed by atoms with Gasteiger partial charge < -0.3 is 0 Å². The Hall–Kier alpha value is -1.45. The summed E-state index contributed by atoms with van der Waals surface area (Å²) in [5.41, 5.74) is 4.15. The average molecular weight is 283 g/mol. The highest BCUT2D eigenvalue weighted by molar-refractivity contribution is 5.84. The molecule has 1 heterocycles. The summed E-state index contributed by atoms with van der Waals surface area (Å²) in [6, 6.07) is 10.6. The van der Waals surface area contributed by atoms with Crippen LogP contribution in [0.15, 0.2) is 36.5 Å². The number of nitrogens with zero attached hydrogens (tertiary/aromatic N) is 1. The lowest BCUT2D eigenvalue weighted by Gasteiger charge is -2.36. The van der Waals surface area contributed by atoms with E-state index in [2.05, 4.69) is 54.6 Å². The summed E-state index contributed by atoms with van der Waals surface area (Å²) in [7, 11) is 0. The normalized spacial score (nSPS) is 27.7. The summed E-state index contributed by atoms with van der Waals surface area (Å²) in [6.07, 6.45) is 5.64. The fourth-order valence-corrected chi connectivity index (χ4v) is 3.72. The molecule has 1 aromatic carbocycles. The van der Waals surface area contributed by atoms with Crippen LogP contribution >= 0.6 is 0 Å². The minimum Gasteiger partial charge on any atom is -0.271 e. The van der Waals surface area contributed by atoms with Gasteiger partial charge >= 0.3 is 0 Å². The smallest absolute Gasteiger partial charge is 0.0667 e. The lowest BCUT2D eigenvalue weighted by atomic mass is 9.72. The Labute approximate surface area is 126 Å². The number of pyridine rings is 1. The van der Waals surface area contributed by atoms with Crippen molar-refractivity contribution in [2.75, 3.05) is 0 Å². The third-order valence-electron chi connectivity index (χ3n) is 5.29. The van der Waals surface area contributed by atoms with Gasteiger partial charge in [0, 0.05) is 11.6 Å². The van der Waals surface area contributed by atoms with Crippen LogP contribution in [0.25, 0.3) is 10.8 Å². The van der Waals surface area contributed by atoms with Crippen molar-refractivity contribution in [3.8, 4) is 0 Å². The molecule has 0 radical (unpaired) electrons. The summed E-state index contributed by atoms with van der Waals surface area (Å²) in [6.45, 7) is 4.73. The van der Waals surface area contributed by atoms with Crippen molar-refractivity contribution >= 4 is 10.8 Å². The summed E-state index contributed by atoms with van der Waals surface area (Å²) >= 11 is 0. The van der Waals surface area contributed by atoms with E-state index in [-0.39, 0.29) is 6.04 Å². The largest absolute Gasteiger partial charge is 0.271 e. The zero-order valence-corrected chi connectivity index (χ0v) is 12.9. The number of hydrazine groups is 1. The minimum absolute atomic E-state index is 0.144. The SMILES string of the molecule is CC1CCC(C(NN)c2nccc3ccccc23)CC1C. The lowest BCUT2D eigenvalue weighted by Crippen LogP contribution is -2.37. The molecule has 1 aliphatic rings. The van der Waals surface area contributed by atoms with Crippen LogP contribution in [0.1, 0.15) is 44.8 Å². The monoisotopic (exact) mass is 283 g/mol. The maximum Gasteiger partial charge on any atom is 0.0667 e. The molecule has 0 spiro atoms. The third kappa shape index (κ3) is 2.81. The maximum atomic E-state index is 5.92. The highest BCUT2D eigenvalue weighted by atomic mass is 15.2. The van der Waals surface area contributed by atoms with E-state index in [1.807, 2.05) is 6.20 Å². The third-order valence-corrected chi connectivity index (χ3v) is 5.29. The van der Waals surface area contributed by atoms with E-state index in [4.69, 9.17) is 5.84 Å². The van der Waals surface area contributed by atoms with Crippen molar-refractivity contribution in [3.05, 3.63) is 42.2 Å². The Kier molecular flexibility index (Phi) is 4.22. The molecule has 3 N–H and O–H groups in total. The zero-order chi connectivity index (χ0) is 14.8. The van der Waals surface area contributed by atoms with Crippen LogP contribution in [0, 0.1) is 17.8 Å². The molecule has 3 nitrogen and oxygen atoms in total. The molecule has 112 valence electrons.